The smallest absolute Gasteiger partial charge is 0.315 e. The van der Waals surface area contributed by atoms with Crippen molar-refractivity contribution in [3.63, 3.8) is 0 Å². The molecule has 0 unspecified atom stereocenters. The van der Waals surface area contributed by atoms with E-state index in [0.29, 0.717) is 25.2 Å². The monoisotopic (exact) mass is 360 g/mol. The fraction of sp³-hybridized carbons (Fsp3) is 0.529. The lowest BCUT2D eigenvalue weighted by Gasteiger charge is -2.18. The van der Waals surface area contributed by atoms with Crippen LogP contribution in [0.4, 0.5) is 4.79 Å². The Labute approximate surface area is 151 Å². The van der Waals surface area contributed by atoms with Crippen molar-refractivity contribution < 1.29 is 15.0 Å². The van der Waals surface area contributed by atoms with Crippen LogP contribution in [0.5, 0.6) is 0 Å². The molecule has 26 heavy (non-hydrogen) atoms. The molecule has 0 aliphatic heterocycles. The number of nitrogens with zero attached hydrogens (tertiary/aromatic N) is 4. The third kappa shape index (κ3) is 4.17. The molecule has 2 amide bonds. The predicted octanol–water partition coefficient (Wildman–Crippen LogP) is 0.160. The van der Waals surface area contributed by atoms with Crippen molar-refractivity contribution in [2.24, 2.45) is 5.92 Å². The first-order chi connectivity index (χ1) is 12.6. The molecule has 0 bridgehead atoms. The number of carbonyl (C=O) groups excluding carboxylic acids is 1. The lowest BCUT2D eigenvalue weighted by Crippen LogP contribution is -2.47. The first-order valence-electron chi connectivity index (χ1n) is 8.79. The zero-order valence-electron chi connectivity index (χ0n) is 14.6. The number of hydrogen-bond acceptors (Lipinski definition) is 6. The lowest BCUT2D eigenvalue weighted by atomic mass is 10.1. The molecule has 2 heterocycles. The second kappa shape index (κ2) is 8.24. The van der Waals surface area contributed by atoms with E-state index in [2.05, 4.69) is 25.9 Å². The number of nitrogens with one attached hydrogen (secondary N) is 2. The summed E-state index contributed by atoms with van der Waals surface area (Å²) in [6, 6.07) is 2.90. The molecule has 4 atom stereocenters. The fourth-order valence-corrected chi connectivity index (χ4v) is 3.18. The molecule has 0 spiro atoms. The summed E-state index contributed by atoms with van der Waals surface area (Å²) in [5.41, 5.74) is 1.55. The molecule has 2 aromatic heterocycles. The SMILES string of the molecule is CCCNC(=O)N[C@@H]1C[C@H](Cn2cc(-c3cccnc3)nn2)[C@@H](O)[C@H]1O. The van der Waals surface area contributed by atoms with E-state index < -0.39 is 18.2 Å². The Kier molecular flexibility index (Phi) is 5.79. The number of carbonyl (C=O) groups is 1. The minimum Gasteiger partial charge on any atom is -0.390 e. The highest BCUT2D eigenvalue weighted by Gasteiger charge is 2.42. The van der Waals surface area contributed by atoms with Gasteiger partial charge in [0.25, 0.3) is 0 Å². The summed E-state index contributed by atoms with van der Waals surface area (Å²) in [6.45, 7) is 2.93. The summed E-state index contributed by atoms with van der Waals surface area (Å²) in [7, 11) is 0. The van der Waals surface area contributed by atoms with E-state index in [-0.39, 0.29) is 11.9 Å². The van der Waals surface area contributed by atoms with Crippen molar-refractivity contribution >= 4 is 6.03 Å². The Morgan fingerprint density at radius 1 is 1.38 bits per heavy atom. The van der Waals surface area contributed by atoms with Crippen LogP contribution in [0.1, 0.15) is 19.8 Å². The Balaban J connectivity index is 1.60. The van der Waals surface area contributed by atoms with Gasteiger partial charge in [-0.2, -0.15) is 0 Å². The van der Waals surface area contributed by atoms with E-state index in [1.807, 2.05) is 19.1 Å². The number of hydrogen-bond donors (Lipinski definition) is 4. The quantitative estimate of drug-likeness (QED) is 0.581. The first kappa shape index (κ1) is 18.3. The molecule has 0 radical (unpaired) electrons. The van der Waals surface area contributed by atoms with Gasteiger partial charge < -0.3 is 20.8 Å². The van der Waals surface area contributed by atoms with Crippen LogP contribution < -0.4 is 10.6 Å². The number of urea groups is 1. The van der Waals surface area contributed by atoms with Gasteiger partial charge in [0.1, 0.15) is 11.8 Å². The van der Waals surface area contributed by atoms with Gasteiger partial charge in [0.15, 0.2) is 0 Å². The summed E-state index contributed by atoms with van der Waals surface area (Å²) in [5.74, 6) is -0.232. The van der Waals surface area contributed by atoms with Gasteiger partial charge in [-0.1, -0.05) is 12.1 Å². The summed E-state index contributed by atoms with van der Waals surface area (Å²) in [6.07, 6.45) is 4.53. The van der Waals surface area contributed by atoms with Crippen LogP contribution >= 0.6 is 0 Å². The molecule has 1 saturated carbocycles. The molecule has 0 saturated heterocycles. The van der Waals surface area contributed by atoms with E-state index in [9.17, 15) is 15.0 Å². The average molecular weight is 360 g/mol. The van der Waals surface area contributed by atoms with Crippen molar-refractivity contribution in [2.75, 3.05) is 6.54 Å². The maximum atomic E-state index is 11.8. The normalized spacial score (nSPS) is 25.2. The molecule has 3 rings (SSSR count). The molecule has 9 heteroatoms. The molecule has 9 nitrogen and oxygen atoms in total. The van der Waals surface area contributed by atoms with E-state index in [0.717, 1.165) is 12.0 Å². The van der Waals surface area contributed by atoms with Crippen LogP contribution in [0, 0.1) is 5.92 Å². The van der Waals surface area contributed by atoms with Crippen molar-refractivity contribution in [2.45, 2.75) is 44.6 Å². The zero-order valence-corrected chi connectivity index (χ0v) is 14.6. The Bertz CT molecular complexity index is 722. The number of aliphatic hydroxyl groups excluding tert-OH is 2. The molecule has 0 aromatic carbocycles. The van der Waals surface area contributed by atoms with Crippen molar-refractivity contribution in [3.05, 3.63) is 30.7 Å². The average Bonchev–Trinajstić information content (AvgIpc) is 3.22. The number of aliphatic hydroxyl groups is 2. The molecule has 1 aliphatic rings. The third-order valence-corrected chi connectivity index (χ3v) is 4.57. The molecule has 1 aliphatic carbocycles. The van der Waals surface area contributed by atoms with Crippen molar-refractivity contribution in [1.29, 1.82) is 0 Å². The first-order valence-corrected chi connectivity index (χ1v) is 8.79. The molecule has 1 fully saturated rings. The molecular formula is C17H24N6O3. The Hall–Kier alpha value is -2.52. The predicted molar refractivity (Wildman–Crippen MR) is 94.0 cm³/mol. The summed E-state index contributed by atoms with van der Waals surface area (Å²) in [5, 5.41) is 34.2. The highest BCUT2D eigenvalue weighted by molar-refractivity contribution is 5.74. The van der Waals surface area contributed by atoms with Crippen molar-refractivity contribution in [1.82, 2.24) is 30.6 Å². The maximum absolute atomic E-state index is 11.8. The van der Waals surface area contributed by atoms with Gasteiger partial charge in [0.2, 0.25) is 0 Å². The minimum absolute atomic E-state index is 0.232. The second-order valence-electron chi connectivity index (χ2n) is 6.55. The van der Waals surface area contributed by atoms with Crippen LogP contribution in [0.3, 0.4) is 0 Å². The van der Waals surface area contributed by atoms with Gasteiger partial charge in [-0.05, 0) is 25.0 Å². The molecule has 4 N–H and O–H groups in total. The zero-order chi connectivity index (χ0) is 18.5. The van der Waals surface area contributed by atoms with Gasteiger partial charge in [-0.25, -0.2) is 4.79 Å². The van der Waals surface area contributed by atoms with E-state index in [1.165, 1.54) is 0 Å². The summed E-state index contributed by atoms with van der Waals surface area (Å²) >= 11 is 0. The van der Waals surface area contributed by atoms with Crippen LogP contribution in [-0.4, -0.2) is 61.0 Å². The molecular weight excluding hydrogens is 336 g/mol. The van der Waals surface area contributed by atoms with Gasteiger partial charge in [0.05, 0.1) is 18.3 Å². The van der Waals surface area contributed by atoms with Crippen LogP contribution in [0.25, 0.3) is 11.3 Å². The lowest BCUT2D eigenvalue weighted by molar-refractivity contribution is 0.00860. The van der Waals surface area contributed by atoms with Gasteiger partial charge in [0, 0.05) is 37.0 Å². The second-order valence-corrected chi connectivity index (χ2v) is 6.55. The van der Waals surface area contributed by atoms with E-state index in [1.54, 1.807) is 23.3 Å². The highest BCUT2D eigenvalue weighted by Crippen LogP contribution is 2.28. The maximum Gasteiger partial charge on any atom is 0.315 e. The van der Waals surface area contributed by atoms with Crippen molar-refractivity contribution in [3.8, 4) is 11.3 Å². The van der Waals surface area contributed by atoms with Gasteiger partial charge in [-0.3, -0.25) is 9.67 Å². The number of pyridine rings is 1. The molecule has 140 valence electrons. The van der Waals surface area contributed by atoms with Gasteiger partial charge in [-0.15, -0.1) is 5.10 Å². The van der Waals surface area contributed by atoms with Gasteiger partial charge >= 0.3 is 6.03 Å². The van der Waals surface area contributed by atoms with E-state index >= 15 is 0 Å². The highest BCUT2D eigenvalue weighted by atomic mass is 16.3. The number of amides is 2. The summed E-state index contributed by atoms with van der Waals surface area (Å²) < 4.78 is 1.64. The van der Waals surface area contributed by atoms with Crippen LogP contribution in [-0.2, 0) is 6.54 Å². The fourth-order valence-electron chi connectivity index (χ4n) is 3.18. The number of aromatic nitrogens is 4. The van der Waals surface area contributed by atoms with Crippen LogP contribution in [0.15, 0.2) is 30.7 Å². The largest absolute Gasteiger partial charge is 0.390 e. The standard InChI is InChI=1S/C17H24N6O3/c1-2-5-19-17(26)20-13-7-12(15(24)16(13)25)9-23-10-14(21-22-23)11-4-3-6-18-8-11/h3-4,6,8,10,12-13,15-16,24-25H,2,5,7,9H2,1H3,(H2,19,20,26)/t12-,13-,15-,16+/m1/s1. The van der Waals surface area contributed by atoms with Crippen LogP contribution in [0.2, 0.25) is 0 Å². The Morgan fingerprint density at radius 3 is 2.96 bits per heavy atom. The number of rotatable bonds is 6. The van der Waals surface area contributed by atoms with E-state index in [4.69, 9.17) is 0 Å². The summed E-state index contributed by atoms with van der Waals surface area (Å²) in [4.78, 5) is 15.8. The molecule has 2 aromatic rings. The Morgan fingerprint density at radius 2 is 2.23 bits per heavy atom. The minimum atomic E-state index is -1.01. The third-order valence-electron chi connectivity index (χ3n) is 4.57. The topological polar surface area (TPSA) is 125 Å².